The van der Waals surface area contributed by atoms with E-state index in [1.807, 2.05) is 0 Å². The second-order valence-corrected chi connectivity index (χ2v) is 5.98. The van der Waals surface area contributed by atoms with Crippen molar-refractivity contribution in [3.8, 4) is 5.75 Å². The van der Waals surface area contributed by atoms with Gasteiger partial charge in [0.15, 0.2) is 0 Å². The van der Waals surface area contributed by atoms with Crippen molar-refractivity contribution in [3.63, 3.8) is 0 Å². The second kappa shape index (κ2) is 5.24. The smallest absolute Gasteiger partial charge is 0.264 e. The van der Waals surface area contributed by atoms with Gasteiger partial charge >= 0.3 is 0 Å². The first-order chi connectivity index (χ1) is 8.90. The average molecular weight is 319 g/mol. The summed E-state index contributed by atoms with van der Waals surface area (Å²) >= 11 is 11.4. The van der Waals surface area contributed by atoms with Gasteiger partial charge in [-0.1, -0.05) is 23.2 Å². The van der Waals surface area contributed by atoms with E-state index < -0.39 is 10.0 Å². The van der Waals surface area contributed by atoms with Crippen LogP contribution in [-0.4, -0.2) is 18.5 Å². The maximum atomic E-state index is 12.1. The van der Waals surface area contributed by atoms with Crippen LogP contribution < -0.4 is 4.72 Å². The lowest BCUT2D eigenvalue weighted by atomic mass is 10.3. The van der Waals surface area contributed by atoms with Crippen molar-refractivity contribution in [1.82, 2.24) is 4.98 Å². The van der Waals surface area contributed by atoms with E-state index in [-0.39, 0.29) is 26.5 Å². The minimum atomic E-state index is -3.86. The third-order valence-electron chi connectivity index (χ3n) is 2.21. The van der Waals surface area contributed by atoms with Crippen LogP contribution in [-0.2, 0) is 10.0 Å². The summed E-state index contributed by atoms with van der Waals surface area (Å²) in [6.07, 6.45) is 1.39. The van der Waals surface area contributed by atoms with Crippen molar-refractivity contribution in [2.75, 3.05) is 4.72 Å². The number of hydrogen-bond donors (Lipinski definition) is 2. The van der Waals surface area contributed by atoms with Gasteiger partial charge in [-0.15, -0.1) is 0 Å². The van der Waals surface area contributed by atoms with Crippen molar-refractivity contribution >= 4 is 38.9 Å². The Kier molecular flexibility index (Phi) is 3.84. The highest BCUT2D eigenvalue weighted by atomic mass is 35.5. The molecule has 0 spiro atoms. The number of aromatic nitrogens is 1. The van der Waals surface area contributed by atoms with Crippen molar-refractivity contribution in [2.24, 2.45) is 0 Å². The van der Waals surface area contributed by atoms with Gasteiger partial charge in [-0.05, 0) is 30.3 Å². The van der Waals surface area contributed by atoms with E-state index in [4.69, 9.17) is 23.2 Å². The normalized spacial score (nSPS) is 11.3. The molecule has 2 rings (SSSR count). The highest BCUT2D eigenvalue weighted by molar-refractivity contribution is 7.92. The number of nitrogens with one attached hydrogen (secondary N) is 1. The van der Waals surface area contributed by atoms with Crippen LogP contribution in [0.1, 0.15) is 0 Å². The summed E-state index contributed by atoms with van der Waals surface area (Å²) in [5.74, 6) is -0.135. The topological polar surface area (TPSA) is 79.3 Å². The minimum Gasteiger partial charge on any atom is -0.506 e. The molecule has 0 aliphatic carbocycles. The number of pyridine rings is 1. The van der Waals surface area contributed by atoms with Gasteiger partial charge in [-0.2, -0.15) is 0 Å². The molecular weight excluding hydrogens is 311 g/mol. The number of rotatable bonds is 3. The van der Waals surface area contributed by atoms with Crippen LogP contribution in [0.2, 0.25) is 10.2 Å². The Bertz CT molecular complexity index is 720. The first kappa shape index (κ1) is 13.9. The Morgan fingerprint density at radius 1 is 1.21 bits per heavy atom. The number of benzene rings is 1. The van der Waals surface area contributed by atoms with Crippen molar-refractivity contribution in [2.45, 2.75) is 4.90 Å². The SMILES string of the molecule is O=S(=O)(Nc1ccc(O)c(Cl)c1)c1cccnc1Cl. The number of phenols is 1. The molecule has 0 saturated heterocycles. The standard InChI is InChI=1S/C11H8Cl2N2O3S/c12-8-6-7(3-4-9(8)16)15-19(17,18)10-2-1-5-14-11(10)13/h1-6,15-16H. The maximum Gasteiger partial charge on any atom is 0.264 e. The summed E-state index contributed by atoms with van der Waals surface area (Å²) in [5.41, 5.74) is 0.211. The van der Waals surface area contributed by atoms with Crippen molar-refractivity contribution < 1.29 is 13.5 Å². The maximum absolute atomic E-state index is 12.1. The van der Waals surface area contributed by atoms with Crippen LogP contribution in [0.25, 0.3) is 0 Å². The molecule has 0 aliphatic heterocycles. The molecule has 0 bridgehead atoms. The van der Waals surface area contributed by atoms with E-state index in [1.165, 1.54) is 36.5 Å². The van der Waals surface area contributed by atoms with Crippen molar-refractivity contribution in [3.05, 3.63) is 46.7 Å². The van der Waals surface area contributed by atoms with E-state index >= 15 is 0 Å². The number of halogens is 2. The fraction of sp³-hybridized carbons (Fsp3) is 0. The van der Waals surface area contributed by atoms with E-state index in [9.17, 15) is 13.5 Å². The molecule has 8 heteroatoms. The van der Waals surface area contributed by atoms with Crippen LogP contribution >= 0.6 is 23.2 Å². The molecule has 1 heterocycles. The summed E-state index contributed by atoms with van der Waals surface area (Å²) in [6, 6.07) is 6.75. The van der Waals surface area contributed by atoms with Crippen LogP contribution in [0.15, 0.2) is 41.4 Å². The molecule has 0 radical (unpaired) electrons. The Labute approximate surface area is 119 Å². The van der Waals surface area contributed by atoms with Gasteiger partial charge < -0.3 is 5.11 Å². The molecule has 0 aliphatic rings. The number of sulfonamides is 1. The summed E-state index contributed by atoms with van der Waals surface area (Å²) in [6.45, 7) is 0. The van der Waals surface area contributed by atoms with Gasteiger partial charge in [0.25, 0.3) is 10.0 Å². The van der Waals surface area contributed by atoms with Crippen LogP contribution in [0, 0.1) is 0 Å². The molecule has 2 aromatic rings. The largest absolute Gasteiger partial charge is 0.506 e. The van der Waals surface area contributed by atoms with Crippen LogP contribution in [0.4, 0.5) is 5.69 Å². The third kappa shape index (κ3) is 3.09. The number of nitrogens with zero attached hydrogens (tertiary/aromatic N) is 1. The van der Waals surface area contributed by atoms with E-state index in [0.29, 0.717) is 0 Å². The highest BCUT2D eigenvalue weighted by Gasteiger charge is 2.18. The lowest BCUT2D eigenvalue weighted by Crippen LogP contribution is -2.13. The quantitative estimate of drug-likeness (QED) is 0.673. The summed E-state index contributed by atoms with van der Waals surface area (Å²) in [5, 5.41) is 9.18. The van der Waals surface area contributed by atoms with Crippen LogP contribution in [0.3, 0.4) is 0 Å². The molecule has 1 aromatic heterocycles. The predicted molar refractivity (Wildman–Crippen MR) is 73.2 cm³/mol. The Hall–Kier alpha value is -1.50. The number of anilines is 1. The zero-order valence-corrected chi connectivity index (χ0v) is 11.7. The molecule has 19 heavy (non-hydrogen) atoms. The fourth-order valence-electron chi connectivity index (χ4n) is 1.35. The molecule has 100 valence electrons. The Morgan fingerprint density at radius 3 is 2.58 bits per heavy atom. The van der Waals surface area contributed by atoms with Crippen LogP contribution in [0.5, 0.6) is 5.75 Å². The van der Waals surface area contributed by atoms with Gasteiger partial charge in [-0.3, -0.25) is 4.72 Å². The summed E-state index contributed by atoms with van der Waals surface area (Å²) < 4.78 is 26.5. The molecule has 0 amide bonds. The predicted octanol–water partition coefficient (Wildman–Crippen LogP) is 2.89. The molecule has 5 nitrogen and oxygen atoms in total. The molecule has 2 N–H and O–H groups in total. The van der Waals surface area contributed by atoms with E-state index in [1.54, 1.807) is 0 Å². The number of aromatic hydroxyl groups is 1. The molecule has 0 unspecified atom stereocenters. The Morgan fingerprint density at radius 2 is 1.95 bits per heavy atom. The van der Waals surface area contributed by atoms with Crippen molar-refractivity contribution in [1.29, 1.82) is 0 Å². The van der Waals surface area contributed by atoms with Gasteiger partial charge in [0.05, 0.1) is 10.7 Å². The Balaban J connectivity index is 2.37. The first-order valence-corrected chi connectivity index (χ1v) is 7.26. The van der Waals surface area contributed by atoms with Gasteiger partial charge in [0.1, 0.15) is 15.8 Å². The van der Waals surface area contributed by atoms with Gasteiger partial charge in [0, 0.05) is 6.20 Å². The summed E-state index contributed by atoms with van der Waals surface area (Å²) in [7, 11) is -3.86. The lowest BCUT2D eigenvalue weighted by molar-refractivity contribution is 0.475. The monoisotopic (exact) mass is 318 g/mol. The highest BCUT2D eigenvalue weighted by Crippen LogP contribution is 2.28. The minimum absolute atomic E-state index is 0.0393. The summed E-state index contributed by atoms with van der Waals surface area (Å²) in [4.78, 5) is 3.56. The lowest BCUT2D eigenvalue weighted by Gasteiger charge is -2.09. The van der Waals surface area contributed by atoms with E-state index in [2.05, 4.69) is 9.71 Å². The number of phenolic OH excluding ortho intramolecular Hbond substituents is 1. The third-order valence-corrected chi connectivity index (χ3v) is 4.34. The first-order valence-electron chi connectivity index (χ1n) is 5.02. The zero-order valence-electron chi connectivity index (χ0n) is 9.34. The molecular formula is C11H8Cl2N2O3S. The second-order valence-electron chi connectivity index (χ2n) is 3.56. The molecule has 1 aromatic carbocycles. The zero-order chi connectivity index (χ0) is 14.0. The molecule has 0 saturated carbocycles. The molecule has 0 atom stereocenters. The van der Waals surface area contributed by atoms with Gasteiger partial charge in [-0.25, -0.2) is 13.4 Å². The van der Waals surface area contributed by atoms with Gasteiger partial charge in [0.2, 0.25) is 0 Å². The molecule has 0 fully saturated rings. The average Bonchev–Trinajstić information content (AvgIpc) is 2.34. The fourth-order valence-corrected chi connectivity index (χ4v) is 3.04. The van der Waals surface area contributed by atoms with E-state index in [0.717, 1.165) is 0 Å². The number of hydrogen-bond acceptors (Lipinski definition) is 4.